The molecule has 1 aromatic heterocycles. The van der Waals surface area contributed by atoms with Gasteiger partial charge in [0.05, 0.1) is 6.61 Å². The summed E-state index contributed by atoms with van der Waals surface area (Å²) in [7, 11) is 0. The van der Waals surface area contributed by atoms with Crippen LogP contribution in [0.5, 0.6) is 5.88 Å². The number of pyridine rings is 1. The van der Waals surface area contributed by atoms with Crippen molar-refractivity contribution in [2.75, 3.05) is 6.61 Å². The molecule has 78 valence electrons. The summed E-state index contributed by atoms with van der Waals surface area (Å²) in [6, 6.07) is 0.970. The van der Waals surface area contributed by atoms with Gasteiger partial charge in [0.1, 0.15) is 0 Å². The van der Waals surface area contributed by atoms with Gasteiger partial charge in [0.2, 0.25) is 0 Å². The lowest BCUT2D eigenvalue weighted by atomic mass is 9.81. The molecule has 1 aromatic rings. The molecule has 0 aliphatic carbocycles. The standard InChI is InChI=1S/C7H7BBrF3NO/c1-2-14-7-6(8(10,11)12)3-5(9)4-13-7/h3-4H,2H2,1H3/q-1. The first kappa shape index (κ1) is 11.4. The highest BCUT2D eigenvalue weighted by atomic mass is 79.9. The molecule has 2 nitrogen and oxygen atoms in total. The molecule has 0 saturated carbocycles. The van der Waals surface area contributed by atoms with Crippen molar-refractivity contribution in [3.05, 3.63) is 16.7 Å². The molecule has 0 fully saturated rings. The predicted molar refractivity (Wildman–Crippen MR) is 51.8 cm³/mol. The number of hydrogen-bond acceptors (Lipinski definition) is 2. The van der Waals surface area contributed by atoms with Gasteiger partial charge in [-0.3, -0.25) is 0 Å². The van der Waals surface area contributed by atoms with Crippen LogP contribution in [-0.2, 0) is 0 Å². The van der Waals surface area contributed by atoms with Gasteiger partial charge < -0.3 is 17.7 Å². The molecule has 0 atom stereocenters. The smallest absolute Gasteiger partial charge is 0.480 e. The monoisotopic (exact) mass is 268 g/mol. The Morgan fingerprint density at radius 3 is 2.64 bits per heavy atom. The molecule has 14 heavy (non-hydrogen) atoms. The molecule has 7 heteroatoms. The Balaban J connectivity index is 3.16. The molecule has 0 saturated heterocycles. The van der Waals surface area contributed by atoms with Crippen LogP contribution < -0.4 is 10.2 Å². The third-order valence-electron chi connectivity index (χ3n) is 1.48. The Hall–Kier alpha value is -0.715. The van der Waals surface area contributed by atoms with Gasteiger partial charge in [-0.2, -0.15) is 0 Å². The molecule has 0 N–H and O–H groups in total. The molecule has 0 radical (unpaired) electrons. The van der Waals surface area contributed by atoms with E-state index in [1.165, 1.54) is 6.20 Å². The third kappa shape index (κ3) is 2.63. The van der Waals surface area contributed by atoms with Crippen molar-refractivity contribution in [3.8, 4) is 5.88 Å². The zero-order valence-corrected chi connectivity index (χ0v) is 8.89. The van der Waals surface area contributed by atoms with Gasteiger partial charge in [-0.05, 0) is 28.3 Å². The van der Waals surface area contributed by atoms with Crippen LogP contribution in [-0.4, -0.2) is 18.6 Å². The maximum atomic E-state index is 12.5. The Morgan fingerprint density at radius 1 is 1.50 bits per heavy atom. The van der Waals surface area contributed by atoms with Gasteiger partial charge >= 0.3 is 6.98 Å². The Kier molecular flexibility index (Phi) is 3.41. The lowest BCUT2D eigenvalue weighted by Crippen LogP contribution is -2.36. The van der Waals surface area contributed by atoms with Crippen LogP contribution in [0, 0.1) is 0 Å². The first-order valence-corrected chi connectivity index (χ1v) is 4.72. The van der Waals surface area contributed by atoms with E-state index >= 15 is 0 Å². The van der Waals surface area contributed by atoms with E-state index in [1.807, 2.05) is 0 Å². The number of nitrogens with zero attached hydrogens (tertiary/aromatic N) is 1. The quantitative estimate of drug-likeness (QED) is 0.785. The van der Waals surface area contributed by atoms with Crippen LogP contribution in [0.2, 0.25) is 0 Å². The molecule has 1 rings (SSSR count). The SMILES string of the molecule is CCOc1ncc(Br)cc1[B-](F)(F)F. The summed E-state index contributed by atoms with van der Waals surface area (Å²) in [6.45, 7) is -3.31. The number of rotatable bonds is 3. The van der Waals surface area contributed by atoms with Gasteiger partial charge in [-0.25, -0.2) is 4.98 Å². The number of aromatic nitrogens is 1. The summed E-state index contributed by atoms with van der Waals surface area (Å²) in [6.07, 6.45) is 1.27. The van der Waals surface area contributed by atoms with Crippen molar-refractivity contribution < 1.29 is 17.7 Å². The number of ether oxygens (including phenoxy) is 1. The fourth-order valence-corrected chi connectivity index (χ4v) is 1.28. The summed E-state index contributed by atoms with van der Waals surface area (Å²) in [4.78, 5) is 3.56. The van der Waals surface area contributed by atoms with Crippen LogP contribution in [0.25, 0.3) is 0 Å². The summed E-state index contributed by atoms with van der Waals surface area (Å²) in [5, 5.41) is 0. The molecule has 0 spiro atoms. The maximum absolute atomic E-state index is 12.5. The third-order valence-corrected chi connectivity index (χ3v) is 1.91. The fraction of sp³-hybridized carbons (Fsp3) is 0.286. The normalized spacial score (nSPS) is 11.5. The zero-order chi connectivity index (χ0) is 10.8. The second kappa shape index (κ2) is 4.21. The van der Waals surface area contributed by atoms with Gasteiger partial charge in [-0.1, -0.05) is 6.07 Å². The highest BCUT2D eigenvalue weighted by Crippen LogP contribution is 2.18. The summed E-state index contributed by atoms with van der Waals surface area (Å²) >= 11 is 2.93. The predicted octanol–water partition coefficient (Wildman–Crippen LogP) is 2.30. The fourth-order valence-electron chi connectivity index (χ4n) is 0.934. The molecule has 0 aliphatic heterocycles. The molecule has 0 amide bonds. The average Bonchev–Trinajstić information content (AvgIpc) is 2.07. The van der Waals surface area contributed by atoms with Crippen molar-refractivity contribution in [3.63, 3.8) is 0 Å². The Bertz CT molecular complexity index is 331. The van der Waals surface area contributed by atoms with E-state index in [-0.39, 0.29) is 17.0 Å². The minimum absolute atomic E-state index is 0.161. The van der Waals surface area contributed by atoms with Crippen molar-refractivity contribution in [1.82, 2.24) is 4.98 Å². The second-order valence-corrected chi connectivity index (χ2v) is 3.47. The largest absolute Gasteiger partial charge is 0.514 e. The van der Waals surface area contributed by atoms with Gasteiger partial charge in [0.25, 0.3) is 0 Å². The lowest BCUT2D eigenvalue weighted by molar-refractivity contribution is 0.327. The first-order chi connectivity index (χ1) is 6.45. The maximum Gasteiger partial charge on any atom is 0.514 e. The summed E-state index contributed by atoms with van der Waals surface area (Å²) < 4.78 is 42.5. The van der Waals surface area contributed by atoms with E-state index in [2.05, 4.69) is 20.9 Å². The lowest BCUT2D eigenvalue weighted by Gasteiger charge is -2.18. The van der Waals surface area contributed by atoms with Crippen molar-refractivity contribution in [2.24, 2.45) is 0 Å². The van der Waals surface area contributed by atoms with E-state index < -0.39 is 12.4 Å². The van der Waals surface area contributed by atoms with E-state index in [0.717, 1.165) is 6.07 Å². The van der Waals surface area contributed by atoms with E-state index in [4.69, 9.17) is 4.74 Å². The van der Waals surface area contributed by atoms with Crippen molar-refractivity contribution in [2.45, 2.75) is 6.92 Å². The molecule has 0 aliphatic rings. The highest BCUT2D eigenvalue weighted by molar-refractivity contribution is 9.10. The van der Waals surface area contributed by atoms with Crippen LogP contribution >= 0.6 is 15.9 Å². The van der Waals surface area contributed by atoms with Gasteiger partial charge in [-0.15, -0.1) is 0 Å². The first-order valence-electron chi connectivity index (χ1n) is 3.93. The summed E-state index contributed by atoms with van der Waals surface area (Å²) in [5.74, 6) is -0.358. The molecule has 0 bridgehead atoms. The van der Waals surface area contributed by atoms with Crippen LogP contribution in [0.4, 0.5) is 12.9 Å². The van der Waals surface area contributed by atoms with Crippen LogP contribution in [0.1, 0.15) is 6.92 Å². The minimum atomic E-state index is -5.08. The van der Waals surface area contributed by atoms with E-state index in [9.17, 15) is 12.9 Å². The summed E-state index contributed by atoms with van der Waals surface area (Å²) in [5.41, 5.74) is -0.804. The van der Waals surface area contributed by atoms with Crippen molar-refractivity contribution >= 4 is 28.4 Å². The van der Waals surface area contributed by atoms with Crippen LogP contribution in [0.3, 0.4) is 0 Å². The molecule has 1 heterocycles. The molecule has 0 unspecified atom stereocenters. The Morgan fingerprint density at radius 2 is 2.14 bits per heavy atom. The topological polar surface area (TPSA) is 22.1 Å². The Labute approximate surface area is 87.7 Å². The van der Waals surface area contributed by atoms with Crippen molar-refractivity contribution in [1.29, 1.82) is 0 Å². The highest BCUT2D eigenvalue weighted by Gasteiger charge is 2.30. The second-order valence-electron chi connectivity index (χ2n) is 2.56. The number of halogens is 4. The molecule has 0 aromatic carbocycles. The average molecular weight is 269 g/mol. The molecular formula is C7H7BBrF3NO-. The van der Waals surface area contributed by atoms with Crippen LogP contribution in [0.15, 0.2) is 16.7 Å². The van der Waals surface area contributed by atoms with Gasteiger partial charge in [0, 0.05) is 10.7 Å². The molecular weight excluding hydrogens is 262 g/mol. The minimum Gasteiger partial charge on any atom is -0.480 e. The zero-order valence-electron chi connectivity index (χ0n) is 7.31. The number of hydrogen-bond donors (Lipinski definition) is 0. The van der Waals surface area contributed by atoms with E-state index in [0.29, 0.717) is 0 Å². The van der Waals surface area contributed by atoms with Gasteiger partial charge in [0.15, 0.2) is 5.88 Å². The van der Waals surface area contributed by atoms with E-state index in [1.54, 1.807) is 6.92 Å².